The molecule has 2 atom stereocenters. The van der Waals surface area contributed by atoms with Crippen molar-refractivity contribution in [2.45, 2.75) is 49.9 Å². The van der Waals surface area contributed by atoms with Crippen LogP contribution >= 0.6 is 0 Å². The van der Waals surface area contributed by atoms with Crippen LogP contribution in [0, 0.1) is 0 Å². The zero-order valence-electron chi connectivity index (χ0n) is 21.1. The van der Waals surface area contributed by atoms with Crippen molar-refractivity contribution in [3.8, 4) is 0 Å². The molecule has 0 saturated carbocycles. The maximum absolute atomic E-state index is 14.6. The van der Waals surface area contributed by atoms with Gasteiger partial charge in [0.2, 0.25) is 0 Å². The van der Waals surface area contributed by atoms with Crippen LogP contribution in [0.15, 0.2) is 115 Å². The molecule has 0 fully saturated rings. The van der Waals surface area contributed by atoms with Crippen molar-refractivity contribution in [1.29, 1.82) is 0 Å². The van der Waals surface area contributed by atoms with Crippen molar-refractivity contribution < 1.29 is 15.0 Å². The van der Waals surface area contributed by atoms with Crippen molar-refractivity contribution in [3.05, 3.63) is 138 Å². The highest BCUT2D eigenvalue weighted by Gasteiger charge is 2.60. The Bertz CT molecular complexity index is 1240. The van der Waals surface area contributed by atoms with E-state index in [1.54, 1.807) is 11.0 Å². The van der Waals surface area contributed by atoms with Crippen LogP contribution in [0.25, 0.3) is 0 Å². The highest BCUT2D eigenvalue weighted by Crippen LogP contribution is 2.53. The van der Waals surface area contributed by atoms with Crippen LogP contribution in [-0.4, -0.2) is 22.2 Å². The van der Waals surface area contributed by atoms with E-state index in [1.165, 1.54) is 0 Å². The number of fused-ring (bicyclic) bond motifs is 1. The van der Waals surface area contributed by atoms with Gasteiger partial charge in [-0.2, -0.15) is 0 Å². The number of anilines is 1. The van der Waals surface area contributed by atoms with Crippen LogP contribution in [0.3, 0.4) is 0 Å². The summed E-state index contributed by atoms with van der Waals surface area (Å²) >= 11 is 0. The van der Waals surface area contributed by atoms with Gasteiger partial charge in [-0.05, 0) is 29.2 Å². The largest absolute Gasteiger partial charge is 0.389 e. The third kappa shape index (κ3) is 3.97. The Kier molecular flexibility index (Phi) is 6.96. The van der Waals surface area contributed by atoms with Gasteiger partial charge in [-0.25, -0.2) is 0 Å². The van der Waals surface area contributed by atoms with E-state index in [4.69, 9.17) is 0 Å². The Balaban J connectivity index is 1.81. The number of nitrogens with zero attached hydrogens (tertiary/aromatic N) is 1. The van der Waals surface area contributed by atoms with E-state index in [0.29, 0.717) is 17.7 Å². The zero-order chi connectivity index (χ0) is 25.9. The molecule has 2 N–H and O–H groups in total. The lowest BCUT2D eigenvalue weighted by Crippen LogP contribution is -2.56. The first kappa shape index (κ1) is 24.9. The molecule has 0 aromatic heterocycles. The fourth-order valence-electron chi connectivity index (χ4n) is 5.76. The Labute approximate surface area is 218 Å². The first-order chi connectivity index (χ1) is 18.1. The average Bonchev–Trinajstić information content (AvgIpc) is 3.19. The molecule has 0 spiro atoms. The van der Waals surface area contributed by atoms with Crippen molar-refractivity contribution in [2.24, 2.45) is 0 Å². The lowest BCUT2D eigenvalue weighted by Gasteiger charge is -2.44. The summed E-state index contributed by atoms with van der Waals surface area (Å²) in [6, 6.07) is 37.1. The lowest BCUT2D eigenvalue weighted by atomic mass is 9.75. The molecule has 1 amide bonds. The minimum Gasteiger partial charge on any atom is -0.389 e. The molecule has 4 heteroatoms. The van der Waals surface area contributed by atoms with Crippen LogP contribution in [0.5, 0.6) is 0 Å². The van der Waals surface area contributed by atoms with Crippen molar-refractivity contribution >= 4 is 11.6 Å². The summed E-state index contributed by atoms with van der Waals surface area (Å²) in [4.78, 5) is 16.4. The number of carbonyl (C=O) groups is 1. The van der Waals surface area contributed by atoms with E-state index in [2.05, 4.69) is 6.92 Å². The van der Waals surface area contributed by atoms with Crippen molar-refractivity contribution in [1.82, 2.24) is 0 Å². The molecule has 1 heterocycles. The van der Waals surface area contributed by atoms with Gasteiger partial charge in [0.05, 0.1) is 11.8 Å². The Morgan fingerprint density at radius 3 is 1.68 bits per heavy atom. The standard InChI is InChI=1S/C33H33NO3/c1-2-3-7-24-30(35)33(37)28-22-14-15-23-29(28)34(31(33)36)32(25-16-8-4-9-17-25,26-18-10-5-11-19-26)27-20-12-6-13-21-27/h4-6,8-23,30,35,37H,2-3,7,24H2,1H3. The number of benzene rings is 4. The summed E-state index contributed by atoms with van der Waals surface area (Å²) in [5.41, 5.74) is 0.580. The first-order valence-electron chi connectivity index (χ1n) is 13.1. The topological polar surface area (TPSA) is 60.8 Å². The number of aliphatic hydroxyl groups excluding tert-OH is 1. The van der Waals surface area contributed by atoms with Gasteiger partial charge in [-0.1, -0.05) is 135 Å². The van der Waals surface area contributed by atoms with E-state index in [1.807, 2.05) is 109 Å². The summed E-state index contributed by atoms with van der Waals surface area (Å²) in [5.74, 6) is -0.519. The van der Waals surface area contributed by atoms with Crippen LogP contribution in [-0.2, 0) is 15.9 Å². The quantitative estimate of drug-likeness (QED) is 0.218. The number of amides is 1. The molecule has 4 aromatic carbocycles. The number of rotatable bonds is 9. The molecule has 0 radical (unpaired) electrons. The van der Waals surface area contributed by atoms with Gasteiger partial charge in [0.1, 0.15) is 5.54 Å². The second-order valence-electron chi connectivity index (χ2n) is 9.74. The normalized spacial score (nSPS) is 18.0. The smallest absolute Gasteiger partial charge is 0.267 e. The van der Waals surface area contributed by atoms with Gasteiger partial charge >= 0.3 is 0 Å². The van der Waals surface area contributed by atoms with Gasteiger partial charge in [0.25, 0.3) is 5.91 Å². The van der Waals surface area contributed by atoms with Crippen LogP contribution in [0.2, 0.25) is 0 Å². The van der Waals surface area contributed by atoms with E-state index < -0.39 is 23.2 Å². The summed E-state index contributed by atoms with van der Waals surface area (Å²) in [6.45, 7) is 2.09. The van der Waals surface area contributed by atoms with Crippen molar-refractivity contribution in [3.63, 3.8) is 0 Å². The molecule has 5 rings (SSSR count). The van der Waals surface area contributed by atoms with E-state index in [0.717, 1.165) is 36.0 Å². The predicted molar refractivity (Wildman–Crippen MR) is 147 cm³/mol. The number of aliphatic hydroxyl groups is 2. The monoisotopic (exact) mass is 491 g/mol. The summed E-state index contributed by atoms with van der Waals surface area (Å²) in [5, 5.41) is 23.5. The second-order valence-corrected chi connectivity index (χ2v) is 9.74. The Morgan fingerprint density at radius 2 is 1.19 bits per heavy atom. The molecule has 37 heavy (non-hydrogen) atoms. The maximum atomic E-state index is 14.6. The number of carbonyl (C=O) groups excluding carboxylic acids is 1. The minimum absolute atomic E-state index is 0.341. The molecule has 1 aliphatic heterocycles. The molecule has 4 nitrogen and oxygen atoms in total. The van der Waals surface area contributed by atoms with Crippen LogP contribution in [0.1, 0.15) is 54.9 Å². The molecule has 4 aromatic rings. The highest BCUT2D eigenvalue weighted by atomic mass is 16.4. The average molecular weight is 492 g/mol. The minimum atomic E-state index is -2.05. The van der Waals surface area contributed by atoms with Crippen molar-refractivity contribution in [2.75, 3.05) is 4.90 Å². The third-order valence-corrected chi connectivity index (χ3v) is 7.56. The van der Waals surface area contributed by atoms with E-state index >= 15 is 0 Å². The molecular weight excluding hydrogens is 458 g/mol. The number of hydrogen-bond donors (Lipinski definition) is 2. The van der Waals surface area contributed by atoms with Gasteiger partial charge < -0.3 is 10.2 Å². The number of para-hydroxylation sites is 1. The molecule has 0 saturated heterocycles. The SMILES string of the molecule is CCCCCC(O)C1(O)C(=O)N(C(c2ccccc2)(c2ccccc2)c2ccccc2)c2ccccc21. The number of hydrogen-bond acceptors (Lipinski definition) is 3. The maximum Gasteiger partial charge on any atom is 0.267 e. The van der Waals surface area contributed by atoms with Crippen LogP contribution in [0.4, 0.5) is 5.69 Å². The van der Waals surface area contributed by atoms with Gasteiger partial charge in [-0.15, -0.1) is 0 Å². The first-order valence-corrected chi connectivity index (χ1v) is 13.1. The lowest BCUT2D eigenvalue weighted by molar-refractivity contribution is -0.151. The molecule has 0 bridgehead atoms. The fourth-order valence-corrected chi connectivity index (χ4v) is 5.76. The fraction of sp³-hybridized carbons (Fsp3) is 0.242. The van der Waals surface area contributed by atoms with E-state index in [-0.39, 0.29) is 0 Å². The molecule has 0 aliphatic carbocycles. The molecule has 2 unspecified atom stereocenters. The summed E-state index contributed by atoms with van der Waals surface area (Å²) < 4.78 is 0. The summed E-state index contributed by atoms with van der Waals surface area (Å²) in [6.07, 6.45) is 1.76. The Morgan fingerprint density at radius 1 is 0.730 bits per heavy atom. The third-order valence-electron chi connectivity index (χ3n) is 7.56. The van der Waals surface area contributed by atoms with Gasteiger partial charge in [-0.3, -0.25) is 9.69 Å². The van der Waals surface area contributed by atoms with E-state index in [9.17, 15) is 15.0 Å². The van der Waals surface area contributed by atoms with Gasteiger partial charge in [0, 0.05) is 5.56 Å². The van der Waals surface area contributed by atoms with Crippen LogP contribution < -0.4 is 4.90 Å². The number of unbranched alkanes of at least 4 members (excludes halogenated alkanes) is 2. The Hall–Kier alpha value is -3.73. The zero-order valence-corrected chi connectivity index (χ0v) is 21.1. The summed E-state index contributed by atoms with van der Waals surface area (Å²) in [7, 11) is 0. The second kappa shape index (κ2) is 10.3. The molecule has 1 aliphatic rings. The predicted octanol–water partition coefficient (Wildman–Crippen LogP) is 6.15. The molecule has 188 valence electrons. The van der Waals surface area contributed by atoms with Gasteiger partial charge in [0.15, 0.2) is 5.60 Å². The molecular formula is C33H33NO3. The highest BCUT2D eigenvalue weighted by molar-refractivity contribution is 6.09.